The maximum atomic E-state index is 8.58. The summed E-state index contributed by atoms with van der Waals surface area (Å²) in [5.41, 5.74) is 2.02. The van der Waals surface area contributed by atoms with E-state index in [1.807, 2.05) is 25.1 Å². The second-order valence-corrected chi connectivity index (χ2v) is 3.10. The third-order valence-corrected chi connectivity index (χ3v) is 2.04. The lowest BCUT2D eigenvalue weighted by Gasteiger charge is -2.00. The fraction of sp³-hybridized carbons (Fsp3) is 0.300. The van der Waals surface area contributed by atoms with Crippen LogP contribution < -0.4 is 0 Å². The molecule has 13 heavy (non-hydrogen) atoms. The highest BCUT2D eigenvalue weighted by Crippen LogP contribution is 2.18. The van der Waals surface area contributed by atoms with E-state index in [0.29, 0.717) is 11.6 Å². The van der Waals surface area contributed by atoms with E-state index in [4.69, 9.17) is 16.7 Å². The molecule has 0 aliphatic carbocycles. The van der Waals surface area contributed by atoms with Crippen LogP contribution in [0.2, 0.25) is 5.15 Å². The summed E-state index contributed by atoms with van der Waals surface area (Å²) >= 11 is 5.88. The van der Waals surface area contributed by atoms with Crippen molar-refractivity contribution >= 4 is 17.7 Å². The first-order valence-corrected chi connectivity index (χ1v) is 4.52. The van der Waals surface area contributed by atoms with Gasteiger partial charge in [-0.05, 0) is 25.0 Å². The first kappa shape index (κ1) is 10.2. The van der Waals surface area contributed by atoms with Crippen molar-refractivity contribution in [1.82, 2.24) is 4.98 Å². The topological polar surface area (TPSA) is 33.1 Å². The lowest BCUT2D eigenvalue weighted by Crippen LogP contribution is -1.85. The van der Waals surface area contributed by atoms with Gasteiger partial charge in [-0.1, -0.05) is 23.8 Å². The molecule has 0 spiro atoms. The van der Waals surface area contributed by atoms with Gasteiger partial charge >= 0.3 is 0 Å². The number of hydrogen-bond acceptors (Lipinski definition) is 2. The Hall–Kier alpha value is -0.860. The highest BCUT2D eigenvalue weighted by atomic mass is 35.5. The SMILES string of the molecule is Cc1ccnc(Cl)c1C=CCCO. The van der Waals surface area contributed by atoms with Crippen molar-refractivity contribution < 1.29 is 5.11 Å². The largest absolute Gasteiger partial charge is 0.396 e. The summed E-state index contributed by atoms with van der Waals surface area (Å²) in [6.07, 6.45) is 6.10. The Morgan fingerprint density at radius 2 is 2.38 bits per heavy atom. The van der Waals surface area contributed by atoms with Crippen LogP contribution in [0.5, 0.6) is 0 Å². The molecule has 0 aliphatic heterocycles. The summed E-state index contributed by atoms with van der Waals surface area (Å²) in [6, 6.07) is 1.91. The maximum absolute atomic E-state index is 8.58. The molecule has 0 unspecified atom stereocenters. The van der Waals surface area contributed by atoms with Crippen LogP contribution in [0.3, 0.4) is 0 Å². The molecule has 0 radical (unpaired) electrons. The van der Waals surface area contributed by atoms with Crippen LogP contribution in [0, 0.1) is 6.92 Å². The van der Waals surface area contributed by atoms with Crippen molar-refractivity contribution in [2.24, 2.45) is 0 Å². The van der Waals surface area contributed by atoms with E-state index >= 15 is 0 Å². The molecule has 1 aromatic rings. The molecular formula is C10H12ClNO. The molecular weight excluding hydrogens is 186 g/mol. The van der Waals surface area contributed by atoms with Crippen molar-refractivity contribution in [3.05, 3.63) is 34.6 Å². The van der Waals surface area contributed by atoms with Gasteiger partial charge in [0.1, 0.15) is 5.15 Å². The van der Waals surface area contributed by atoms with E-state index < -0.39 is 0 Å². The molecule has 0 saturated heterocycles. The highest BCUT2D eigenvalue weighted by molar-refractivity contribution is 6.30. The van der Waals surface area contributed by atoms with Crippen molar-refractivity contribution in [3.8, 4) is 0 Å². The van der Waals surface area contributed by atoms with E-state index in [0.717, 1.165) is 11.1 Å². The molecule has 0 fully saturated rings. The highest BCUT2D eigenvalue weighted by Gasteiger charge is 1.99. The van der Waals surface area contributed by atoms with Crippen LogP contribution in [0.1, 0.15) is 17.5 Å². The van der Waals surface area contributed by atoms with E-state index in [-0.39, 0.29) is 6.61 Å². The van der Waals surface area contributed by atoms with Crippen molar-refractivity contribution in [2.45, 2.75) is 13.3 Å². The van der Waals surface area contributed by atoms with E-state index in [1.165, 1.54) is 0 Å². The number of rotatable bonds is 3. The number of aliphatic hydroxyl groups is 1. The van der Waals surface area contributed by atoms with Crippen LogP contribution >= 0.6 is 11.6 Å². The van der Waals surface area contributed by atoms with Crippen LogP contribution in [0.15, 0.2) is 18.3 Å². The number of aryl methyl sites for hydroxylation is 1. The maximum Gasteiger partial charge on any atom is 0.136 e. The minimum Gasteiger partial charge on any atom is -0.396 e. The molecule has 1 N–H and O–H groups in total. The third-order valence-electron chi connectivity index (χ3n) is 1.74. The van der Waals surface area contributed by atoms with Gasteiger partial charge in [0.2, 0.25) is 0 Å². The summed E-state index contributed by atoms with van der Waals surface area (Å²) in [7, 11) is 0. The fourth-order valence-corrected chi connectivity index (χ4v) is 1.28. The number of aromatic nitrogens is 1. The standard InChI is InChI=1S/C10H12ClNO/c1-8-5-6-12-10(11)9(8)4-2-3-7-13/h2,4-6,13H,3,7H2,1H3. The van der Waals surface area contributed by atoms with Gasteiger partial charge in [-0.2, -0.15) is 0 Å². The van der Waals surface area contributed by atoms with Gasteiger partial charge in [0.05, 0.1) is 0 Å². The van der Waals surface area contributed by atoms with Crippen LogP contribution in [0.25, 0.3) is 6.08 Å². The molecule has 1 heterocycles. The Morgan fingerprint density at radius 3 is 3.00 bits per heavy atom. The van der Waals surface area contributed by atoms with Gasteiger partial charge in [0.15, 0.2) is 0 Å². The predicted molar refractivity (Wildman–Crippen MR) is 54.7 cm³/mol. The predicted octanol–water partition coefficient (Wildman–Crippen LogP) is 2.44. The van der Waals surface area contributed by atoms with Crippen LogP contribution in [-0.4, -0.2) is 16.7 Å². The van der Waals surface area contributed by atoms with Gasteiger partial charge in [-0.25, -0.2) is 4.98 Å². The molecule has 1 rings (SSSR count). The minimum atomic E-state index is 0.160. The quantitative estimate of drug-likeness (QED) is 0.756. The molecule has 0 amide bonds. The van der Waals surface area contributed by atoms with E-state index in [9.17, 15) is 0 Å². The average Bonchev–Trinajstić information content (AvgIpc) is 2.10. The number of halogens is 1. The number of pyridine rings is 1. The zero-order valence-corrected chi connectivity index (χ0v) is 8.25. The fourth-order valence-electron chi connectivity index (χ4n) is 1.01. The summed E-state index contributed by atoms with van der Waals surface area (Å²) < 4.78 is 0. The van der Waals surface area contributed by atoms with Gasteiger partial charge in [-0.3, -0.25) is 0 Å². The normalized spacial score (nSPS) is 11.0. The van der Waals surface area contributed by atoms with E-state index in [1.54, 1.807) is 6.20 Å². The van der Waals surface area contributed by atoms with Gasteiger partial charge in [0, 0.05) is 18.4 Å². The summed E-state index contributed by atoms with van der Waals surface area (Å²) in [4.78, 5) is 3.97. The van der Waals surface area contributed by atoms with E-state index in [2.05, 4.69) is 4.98 Å². The van der Waals surface area contributed by atoms with Gasteiger partial charge in [0.25, 0.3) is 0 Å². The van der Waals surface area contributed by atoms with Crippen molar-refractivity contribution in [3.63, 3.8) is 0 Å². The van der Waals surface area contributed by atoms with Crippen LogP contribution in [0.4, 0.5) is 0 Å². The first-order valence-electron chi connectivity index (χ1n) is 4.14. The Balaban J connectivity index is 2.87. The van der Waals surface area contributed by atoms with Crippen LogP contribution in [-0.2, 0) is 0 Å². The lowest BCUT2D eigenvalue weighted by molar-refractivity contribution is 0.303. The minimum absolute atomic E-state index is 0.160. The lowest BCUT2D eigenvalue weighted by atomic mass is 10.1. The molecule has 0 aromatic carbocycles. The summed E-state index contributed by atoms with van der Waals surface area (Å²) in [5, 5.41) is 9.09. The Labute approximate surface area is 82.9 Å². The third kappa shape index (κ3) is 2.83. The molecule has 70 valence electrons. The Bertz CT molecular complexity index is 290. The zero-order chi connectivity index (χ0) is 9.68. The van der Waals surface area contributed by atoms with Gasteiger partial charge in [-0.15, -0.1) is 0 Å². The number of aliphatic hydroxyl groups excluding tert-OH is 1. The molecule has 0 saturated carbocycles. The second-order valence-electron chi connectivity index (χ2n) is 2.75. The molecule has 0 aliphatic rings. The second kappa shape index (κ2) is 5.00. The van der Waals surface area contributed by atoms with Gasteiger partial charge < -0.3 is 5.11 Å². The number of hydrogen-bond donors (Lipinski definition) is 1. The Morgan fingerprint density at radius 1 is 1.62 bits per heavy atom. The molecule has 0 bridgehead atoms. The molecule has 2 nitrogen and oxygen atoms in total. The number of nitrogens with zero attached hydrogens (tertiary/aromatic N) is 1. The average molecular weight is 198 g/mol. The van der Waals surface area contributed by atoms with Crippen molar-refractivity contribution in [1.29, 1.82) is 0 Å². The molecule has 3 heteroatoms. The Kier molecular flexibility index (Phi) is 3.93. The summed E-state index contributed by atoms with van der Waals surface area (Å²) in [6.45, 7) is 2.14. The molecule has 0 atom stereocenters. The summed E-state index contributed by atoms with van der Waals surface area (Å²) in [5.74, 6) is 0. The monoisotopic (exact) mass is 197 g/mol. The zero-order valence-electron chi connectivity index (χ0n) is 7.50. The molecule has 1 aromatic heterocycles. The first-order chi connectivity index (χ1) is 6.25. The smallest absolute Gasteiger partial charge is 0.136 e. The van der Waals surface area contributed by atoms with Crippen molar-refractivity contribution in [2.75, 3.05) is 6.61 Å².